The number of piperazine rings is 1. The maximum atomic E-state index is 12.3. The highest BCUT2D eigenvalue weighted by Gasteiger charge is 2.26. The minimum Gasteiger partial charge on any atom is -0.322 e. The Kier molecular flexibility index (Phi) is 7.38. The van der Waals surface area contributed by atoms with Crippen molar-refractivity contribution in [3.63, 3.8) is 0 Å². The van der Waals surface area contributed by atoms with Gasteiger partial charge >= 0.3 is 0 Å². The molecule has 0 aliphatic carbocycles. The molecule has 1 aliphatic heterocycles. The Bertz CT molecular complexity index is 881. The van der Waals surface area contributed by atoms with E-state index in [1.807, 2.05) is 6.92 Å². The number of pyridine rings is 2. The van der Waals surface area contributed by atoms with E-state index in [-0.39, 0.29) is 41.3 Å². The van der Waals surface area contributed by atoms with E-state index in [0.717, 1.165) is 0 Å². The first-order chi connectivity index (χ1) is 13.9. The average molecular weight is 437 g/mol. The van der Waals surface area contributed by atoms with Gasteiger partial charge in [-0.15, -0.1) is 0 Å². The van der Waals surface area contributed by atoms with Gasteiger partial charge in [-0.1, -0.05) is 23.2 Å². The van der Waals surface area contributed by atoms with Gasteiger partial charge in [0, 0.05) is 38.1 Å². The molecule has 1 atom stereocenters. The molecule has 0 radical (unpaired) electrons. The van der Waals surface area contributed by atoms with E-state index in [1.54, 1.807) is 36.7 Å². The third-order valence-electron chi connectivity index (χ3n) is 4.63. The zero-order chi connectivity index (χ0) is 20.8. The van der Waals surface area contributed by atoms with E-state index in [2.05, 4.69) is 30.4 Å². The molecule has 2 N–H and O–H groups in total. The fourth-order valence-electron chi connectivity index (χ4n) is 3.17. The molecule has 0 aromatic carbocycles. The number of hydrogen-bond donors (Lipinski definition) is 2. The summed E-state index contributed by atoms with van der Waals surface area (Å²) in [5.41, 5.74) is 0.993. The number of aromatic nitrogens is 2. The summed E-state index contributed by atoms with van der Waals surface area (Å²) in [6.07, 6.45) is 3.13. The third kappa shape index (κ3) is 6.11. The maximum Gasteiger partial charge on any atom is 0.238 e. The van der Waals surface area contributed by atoms with Crippen molar-refractivity contribution in [2.45, 2.75) is 13.0 Å². The molecule has 2 aromatic heterocycles. The van der Waals surface area contributed by atoms with Crippen molar-refractivity contribution < 1.29 is 9.59 Å². The molecule has 1 unspecified atom stereocenters. The van der Waals surface area contributed by atoms with Crippen molar-refractivity contribution in [1.29, 1.82) is 0 Å². The van der Waals surface area contributed by atoms with Gasteiger partial charge in [-0.3, -0.25) is 19.4 Å². The zero-order valence-corrected chi connectivity index (χ0v) is 17.5. The highest BCUT2D eigenvalue weighted by atomic mass is 35.5. The Morgan fingerprint density at radius 1 is 1.00 bits per heavy atom. The second-order valence-electron chi connectivity index (χ2n) is 6.83. The SMILES string of the molecule is CC1CN(CC(=O)Nc2cccnc2Cl)CCN1CC(=O)Nc1cccnc1Cl. The predicted octanol–water partition coefficient (Wildman–Crippen LogP) is 2.37. The standard InChI is InChI=1S/C19H22Cl2N6O2/c1-13-10-26(11-16(28)24-14-4-2-6-22-18(14)20)8-9-27(13)12-17(29)25-15-5-3-7-23-19(15)21/h2-7,13H,8-12H2,1H3,(H,24,28)(H,25,29). The predicted molar refractivity (Wildman–Crippen MR) is 113 cm³/mol. The Morgan fingerprint density at radius 2 is 1.55 bits per heavy atom. The van der Waals surface area contributed by atoms with Crippen LogP contribution in [0.1, 0.15) is 6.92 Å². The van der Waals surface area contributed by atoms with Gasteiger partial charge in [0.05, 0.1) is 24.5 Å². The summed E-state index contributed by atoms with van der Waals surface area (Å²) in [5, 5.41) is 6.09. The topological polar surface area (TPSA) is 90.5 Å². The Labute approximate surface area is 179 Å². The molecule has 0 bridgehead atoms. The normalized spacial score (nSPS) is 17.7. The highest BCUT2D eigenvalue weighted by molar-refractivity contribution is 6.32. The molecule has 154 valence electrons. The summed E-state index contributed by atoms with van der Waals surface area (Å²) in [6, 6.07) is 6.97. The Hall–Kier alpha value is -2.26. The van der Waals surface area contributed by atoms with Crippen LogP contribution in [0.4, 0.5) is 11.4 Å². The number of anilines is 2. The molecular formula is C19H22Cl2N6O2. The summed E-state index contributed by atoms with van der Waals surface area (Å²) in [6.45, 7) is 4.57. The van der Waals surface area contributed by atoms with E-state index < -0.39 is 0 Å². The molecule has 1 aliphatic rings. The van der Waals surface area contributed by atoms with Crippen molar-refractivity contribution in [2.24, 2.45) is 0 Å². The van der Waals surface area contributed by atoms with Crippen LogP contribution in [0.2, 0.25) is 10.3 Å². The number of nitrogens with zero attached hydrogens (tertiary/aromatic N) is 4. The molecule has 2 aromatic rings. The third-order valence-corrected chi connectivity index (χ3v) is 5.23. The summed E-state index contributed by atoms with van der Waals surface area (Å²) in [7, 11) is 0. The van der Waals surface area contributed by atoms with E-state index in [1.165, 1.54) is 0 Å². The first-order valence-corrected chi connectivity index (χ1v) is 9.95. The molecule has 0 saturated carbocycles. The molecule has 1 fully saturated rings. The fourth-order valence-corrected chi connectivity index (χ4v) is 3.51. The van der Waals surface area contributed by atoms with E-state index in [0.29, 0.717) is 31.0 Å². The quantitative estimate of drug-likeness (QED) is 0.675. The molecule has 29 heavy (non-hydrogen) atoms. The zero-order valence-electron chi connectivity index (χ0n) is 15.9. The second-order valence-corrected chi connectivity index (χ2v) is 7.55. The second kappa shape index (κ2) is 9.98. The molecular weight excluding hydrogens is 415 g/mol. The molecule has 3 rings (SSSR count). The van der Waals surface area contributed by atoms with E-state index in [4.69, 9.17) is 23.2 Å². The Morgan fingerprint density at radius 3 is 2.07 bits per heavy atom. The van der Waals surface area contributed by atoms with Crippen LogP contribution in [0.15, 0.2) is 36.7 Å². The van der Waals surface area contributed by atoms with Crippen LogP contribution >= 0.6 is 23.2 Å². The molecule has 2 amide bonds. The number of carbonyl (C=O) groups excluding carboxylic acids is 2. The summed E-state index contributed by atoms with van der Waals surface area (Å²) in [4.78, 5) is 36.7. The van der Waals surface area contributed by atoms with Crippen molar-refractivity contribution in [3.05, 3.63) is 47.0 Å². The Balaban J connectivity index is 1.46. The number of rotatable bonds is 6. The number of carbonyl (C=O) groups is 2. The fraction of sp³-hybridized carbons (Fsp3) is 0.368. The van der Waals surface area contributed by atoms with Gasteiger partial charge in [-0.25, -0.2) is 9.97 Å². The summed E-state index contributed by atoms with van der Waals surface area (Å²) < 4.78 is 0. The maximum absolute atomic E-state index is 12.3. The average Bonchev–Trinajstić information content (AvgIpc) is 2.68. The molecule has 0 spiro atoms. The lowest BCUT2D eigenvalue weighted by atomic mass is 10.2. The monoisotopic (exact) mass is 436 g/mol. The number of halogens is 2. The number of amides is 2. The molecule has 8 nitrogen and oxygen atoms in total. The van der Waals surface area contributed by atoms with Gasteiger partial charge in [-0.05, 0) is 31.2 Å². The van der Waals surface area contributed by atoms with Gasteiger partial charge in [0.2, 0.25) is 11.8 Å². The summed E-state index contributed by atoms with van der Waals surface area (Å²) in [5.74, 6) is -0.298. The lowest BCUT2D eigenvalue weighted by molar-refractivity contribution is -0.120. The van der Waals surface area contributed by atoms with E-state index in [9.17, 15) is 9.59 Å². The summed E-state index contributed by atoms with van der Waals surface area (Å²) >= 11 is 12.0. The van der Waals surface area contributed by atoms with Crippen LogP contribution in [0.3, 0.4) is 0 Å². The van der Waals surface area contributed by atoms with Crippen LogP contribution in [0, 0.1) is 0 Å². The lowest BCUT2D eigenvalue weighted by Gasteiger charge is -2.39. The smallest absolute Gasteiger partial charge is 0.238 e. The van der Waals surface area contributed by atoms with Crippen LogP contribution in [0.25, 0.3) is 0 Å². The van der Waals surface area contributed by atoms with Gasteiger partial charge in [0.1, 0.15) is 0 Å². The van der Waals surface area contributed by atoms with Gasteiger partial charge in [0.25, 0.3) is 0 Å². The number of hydrogen-bond acceptors (Lipinski definition) is 6. The van der Waals surface area contributed by atoms with Crippen molar-refractivity contribution in [3.8, 4) is 0 Å². The van der Waals surface area contributed by atoms with Crippen LogP contribution < -0.4 is 10.6 Å². The first kappa shape index (κ1) is 21.4. The molecule has 10 heteroatoms. The minimum atomic E-state index is -0.149. The van der Waals surface area contributed by atoms with Crippen molar-refractivity contribution in [1.82, 2.24) is 19.8 Å². The van der Waals surface area contributed by atoms with Crippen LogP contribution in [-0.4, -0.2) is 70.3 Å². The van der Waals surface area contributed by atoms with Crippen LogP contribution in [-0.2, 0) is 9.59 Å². The highest BCUT2D eigenvalue weighted by Crippen LogP contribution is 2.19. The van der Waals surface area contributed by atoms with Gasteiger partial charge in [-0.2, -0.15) is 0 Å². The van der Waals surface area contributed by atoms with Crippen LogP contribution in [0.5, 0.6) is 0 Å². The number of nitrogens with one attached hydrogen (secondary N) is 2. The minimum absolute atomic E-state index is 0.119. The van der Waals surface area contributed by atoms with Gasteiger partial charge in [0.15, 0.2) is 10.3 Å². The van der Waals surface area contributed by atoms with Gasteiger partial charge < -0.3 is 10.6 Å². The molecule has 3 heterocycles. The van der Waals surface area contributed by atoms with Crippen molar-refractivity contribution in [2.75, 3.05) is 43.4 Å². The lowest BCUT2D eigenvalue weighted by Crippen LogP contribution is -2.54. The largest absolute Gasteiger partial charge is 0.322 e. The first-order valence-electron chi connectivity index (χ1n) is 9.19. The van der Waals surface area contributed by atoms with Crippen molar-refractivity contribution >= 4 is 46.4 Å². The van der Waals surface area contributed by atoms with E-state index >= 15 is 0 Å². The molecule has 1 saturated heterocycles.